The van der Waals surface area contributed by atoms with Crippen LogP contribution in [0, 0.1) is 0 Å². The van der Waals surface area contributed by atoms with Gasteiger partial charge in [0, 0.05) is 24.5 Å². The highest BCUT2D eigenvalue weighted by Crippen LogP contribution is 2.31. The molecule has 0 bridgehead atoms. The van der Waals surface area contributed by atoms with Crippen molar-refractivity contribution in [2.45, 2.75) is 25.4 Å². The van der Waals surface area contributed by atoms with Crippen LogP contribution in [0.5, 0.6) is 5.75 Å². The van der Waals surface area contributed by atoms with Gasteiger partial charge in [0.05, 0.1) is 27.8 Å². The number of anilines is 1. The fourth-order valence-electron chi connectivity index (χ4n) is 3.92. The molecule has 142 valence electrons. The predicted molar refractivity (Wildman–Crippen MR) is 110 cm³/mol. The van der Waals surface area contributed by atoms with Crippen LogP contribution in [0.2, 0.25) is 0 Å². The Balaban J connectivity index is 1.60. The van der Waals surface area contributed by atoms with Gasteiger partial charge in [-0.15, -0.1) is 0 Å². The van der Waals surface area contributed by atoms with Gasteiger partial charge >= 0.3 is 0 Å². The molecule has 1 aliphatic heterocycles. The van der Waals surface area contributed by atoms with Crippen molar-refractivity contribution in [2.24, 2.45) is 0 Å². The molecule has 2 N–H and O–H groups in total. The van der Waals surface area contributed by atoms with Crippen molar-refractivity contribution in [1.82, 2.24) is 14.5 Å². The Morgan fingerprint density at radius 3 is 2.68 bits per heavy atom. The molecule has 0 radical (unpaired) electrons. The lowest BCUT2D eigenvalue weighted by Gasteiger charge is -2.37. The average molecular weight is 374 g/mol. The number of aliphatic hydroxyl groups is 1. The van der Waals surface area contributed by atoms with E-state index in [0.29, 0.717) is 0 Å². The monoisotopic (exact) mass is 374 g/mol. The summed E-state index contributed by atoms with van der Waals surface area (Å²) in [6.45, 7) is 3.53. The van der Waals surface area contributed by atoms with Gasteiger partial charge in [-0.3, -0.25) is 4.57 Å². The van der Waals surface area contributed by atoms with Gasteiger partial charge in [-0.05, 0) is 50.1 Å². The minimum absolute atomic E-state index is 0.201. The van der Waals surface area contributed by atoms with E-state index in [1.807, 2.05) is 23.6 Å². The number of phenols is 1. The van der Waals surface area contributed by atoms with Gasteiger partial charge < -0.3 is 15.1 Å². The molecule has 2 aromatic heterocycles. The number of phenolic OH excluding ortho intramolecular Hbond substituents is 1. The van der Waals surface area contributed by atoms with Crippen LogP contribution < -0.4 is 4.90 Å². The molecule has 1 fully saturated rings. The summed E-state index contributed by atoms with van der Waals surface area (Å²) in [6.07, 6.45) is 3.23. The fraction of sp³-hybridized carbons (Fsp3) is 0.273. The van der Waals surface area contributed by atoms with E-state index in [1.54, 1.807) is 18.5 Å². The SMILES string of the molecule is CC1(O)CCN(c2cccc3ccc(-n4cnc5cc(O)ccc54)nc23)CC1. The second kappa shape index (κ2) is 6.21. The van der Waals surface area contributed by atoms with Crippen molar-refractivity contribution < 1.29 is 10.2 Å². The van der Waals surface area contributed by atoms with E-state index in [0.717, 1.165) is 59.4 Å². The largest absolute Gasteiger partial charge is 0.508 e. The Morgan fingerprint density at radius 2 is 1.86 bits per heavy atom. The molecule has 4 aromatic rings. The van der Waals surface area contributed by atoms with Crippen LogP contribution in [0.4, 0.5) is 5.69 Å². The maximum Gasteiger partial charge on any atom is 0.139 e. The summed E-state index contributed by atoms with van der Waals surface area (Å²) in [6, 6.07) is 15.4. The molecular weight excluding hydrogens is 352 g/mol. The zero-order valence-corrected chi connectivity index (χ0v) is 15.7. The van der Waals surface area contributed by atoms with Crippen molar-refractivity contribution in [3.63, 3.8) is 0 Å². The molecule has 1 saturated heterocycles. The highest BCUT2D eigenvalue weighted by Gasteiger charge is 2.28. The zero-order valence-electron chi connectivity index (χ0n) is 15.7. The minimum atomic E-state index is -0.582. The summed E-state index contributed by atoms with van der Waals surface area (Å²) in [7, 11) is 0. The van der Waals surface area contributed by atoms with Gasteiger partial charge in [0.15, 0.2) is 0 Å². The van der Waals surface area contributed by atoms with Crippen LogP contribution in [0.15, 0.2) is 54.9 Å². The fourth-order valence-corrected chi connectivity index (χ4v) is 3.92. The smallest absolute Gasteiger partial charge is 0.139 e. The quantitative estimate of drug-likeness (QED) is 0.560. The molecule has 0 amide bonds. The van der Waals surface area contributed by atoms with Gasteiger partial charge in [-0.25, -0.2) is 9.97 Å². The number of hydrogen-bond acceptors (Lipinski definition) is 5. The lowest BCUT2D eigenvalue weighted by molar-refractivity contribution is 0.0352. The summed E-state index contributed by atoms with van der Waals surface area (Å²) in [4.78, 5) is 11.7. The highest BCUT2D eigenvalue weighted by atomic mass is 16.3. The Bertz CT molecular complexity index is 1170. The van der Waals surface area contributed by atoms with Crippen LogP contribution in [0.3, 0.4) is 0 Å². The number of benzene rings is 2. The maximum absolute atomic E-state index is 10.3. The summed E-state index contributed by atoms with van der Waals surface area (Å²) >= 11 is 0. The first kappa shape index (κ1) is 17.0. The predicted octanol–water partition coefficient (Wildman–Crippen LogP) is 3.63. The number of pyridine rings is 1. The summed E-state index contributed by atoms with van der Waals surface area (Å²) < 4.78 is 1.94. The molecule has 5 rings (SSSR count). The van der Waals surface area contributed by atoms with E-state index in [2.05, 4.69) is 34.1 Å². The first-order valence-corrected chi connectivity index (χ1v) is 9.54. The number of imidazole rings is 1. The van der Waals surface area contributed by atoms with E-state index in [9.17, 15) is 10.2 Å². The normalized spacial score (nSPS) is 16.7. The number of nitrogens with zero attached hydrogens (tertiary/aromatic N) is 4. The zero-order chi connectivity index (χ0) is 19.3. The number of aromatic nitrogens is 3. The second-order valence-electron chi connectivity index (χ2n) is 7.79. The third kappa shape index (κ3) is 2.86. The van der Waals surface area contributed by atoms with Gasteiger partial charge in [0.1, 0.15) is 17.9 Å². The first-order chi connectivity index (χ1) is 13.5. The molecule has 6 heteroatoms. The Morgan fingerprint density at radius 1 is 1.04 bits per heavy atom. The molecule has 1 aliphatic rings. The number of para-hydroxylation sites is 1. The third-order valence-electron chi connectivity index (χ3n) is 5.64. The maximum atomic E-state index is 10.3. The Kier molecular flexibility index (Phi) is 3.77. The second-order valence-corrected chi connectivity index (χ2v) is 7.79. The molecular formula is C22H22N4O2. The summed E-state index contributed by atoms with van der Waals surface area (Å²) in [5, 5.41) is 21.0. The van der Waals surface area contributed by atoms with Gasteiger partial charge in [-0.2, -0.15) is 0 Å². The van der Waals surface area contributed by atoms with E-state index < -0.39 is 5.60 Å². The van der Waals surface area contributed by atoms with Crippen LogP contribution >= 0.6 is 0 Å². The van der Waals surface area contributed by atoms with Crippen LogP contribution in [0.1, 0.15) is 19.8 Å². The van der Waals surface area contributed by atoms with Gasteiger partial charge in [-0.1, -0.05) is 12.1 Å². The summed E-state index contributed by atoms with van der Waals surface area (Å²) in [5.74, 6) is 0.990. The van der Waals surface area contributed by atoms with Gasteiger partial charge in [0.25, 0.3) is 0 Å². The van der Waals surface area contributed by atoms with Crippen molar-refractivity contribution in [3.8, 4) is 11.6 Å². The van der Waals surface area contributed by atoms with Crippen molar-refractivity contribution in [1.29, 1.82) is 0 Å². The topological polar surface area (TPSA) is 74.4 Å². The molecule has 2 aromatic carbocycles. The van der Waals surface area contributed by atoms with Crippen molar-refractivity contribution >= 4 is 27.6 Å². The molecule has 0 aliphatic carbocycles. The molecule has 3 heterocycles. The lowest BCUT2D eigenvalue weighted by Crippen LogP contribution is -2.42. The molecule has 0 spiro atoms. The standard InChI is InChI=1S/C22H22N4O2/c1-22(28)9-11-25(12-10-22)19-4-2-3-15-5-8-20(24-21(15)19)26-14-23-17-13-16(27)6-7-18(17)26/h2-8,13-14,27-28H,9-12H2,1H3. The van der Waals surface area contributed by atoms with E-state index in [1.165, 1.54) is 0 Å². The average Bonchev–Trinajstić information content (AvgIpc) is 3.10. The Labute approximate surface area is 162 Å². The molecule has 0 unspecified atom stereocenters. The lowest BCUT2D eigenvalue weighted by atomic mass is 9.93. The molecule has 6 nitrogen and oxygen atoms in total. The number of aromatic hydroxyl groups is 1. The van der Waals surface area contributed by atoms with E-state index in [-0.39, 0.29) is 5.75 Å². The number of hydrogen-bond donors (Lipinski definition) is 2. The molecule has 28 heavy (non-hydrogen) atoms. The molecule has 0 saturated carbocycles. The number of fused-ring (bicyclic) bond motifs is 2. The van der Waals surface area contributed by atoms with Crippen LogP contribution in [0.25, 0.3) is 27.8 Å². The summed E-state index contributed by atoms with van der Waals surface area (Å²) in [5.41, 5.74) is 3.09. The van der Waals surface area contributed by atoms with Crippen LogP contribution in [-0.4, -0.2) is 43.4 Å². The van der Waals surface area contributed by atoms with E-state index in [4.69, 9.17) is 4.98 Å². The Hall–Kier alpha value is -3.12. The minimum Gasteiger partial charge on any atom is -0.508 e. The van der Waals surface area contributed by atoms with Crippen molar-refractivity contribution in [3.05, 3.63) is 54.9 Å². The van der Waals surface area contributed by atoms with Crippen molar-refractivity contribution in [2.75, 3.05) is 18.0 Å². The first-order valence-electron chi connectivity index (χ1n) is 9.54. The van der Waals surface area contributed by atoms with Crippen LogP contribution in [-0.2, 0) is 0 Å². The van der Waals surface area contributed by atoms with E-state index >= 15 is 0 Å². The molecule has 0 atom stereocenters. The number of rotatable bonds is 2. The third-order valence-corrected chi connectivity index (χ3v) is 5.64. The highest BCUT2D eigenvalue weighted by molar-refractivity contribution is 5.92. The van der Waals surface area contributed by atoms with Gasteiger partial charge in [0.2, 0.25) is 0 Å². The number of piperidine rings is 1.